The van der Waals surface area contributed by atoms with Crippen LogP contribution in [0.25, 0.3) is 0 Å². The van der Waals surface area contributed by atoms with Gasteiger partial charge in [0.2, 0.25) is 5.91 Å². The zero-order valence-electron chi connectivity index (χ0n) is 11.1. The normalized spacial score (nSPS) is 14.0. The molecule has 4 heteroatoms. The van der Waals surface area contributed by atoms with E-state index in [0.29, 0.717) is 17.3 Å². The lowest BCUT2D eigenvalue weighted by Crippen LogP contribution is -2.20. The van der Waals surface area contributed by atoms with Crippen molar-refractivity contribution in [1.29, 1.82) is 0 Å². The molecule has 0 bridgehead atoms. The number of anilines is 2. The molecule has 0 heterocycles. The predicted octanol–water partition coefficient (Wildman–Crippen LogP) is 1.95. The number of benzene rings is 2. The highest BCUT2D eigenvalue weighted by Gasteiger charge is 2.21. The second-order valence-corrected chi connectivity index (χ2v) is 5.18. The topological polar surface area (TPSA) is 81.1 Å². The third-order valence-electron chi connectivity index (χ3n) is 3.75. The summed E-state index contributed by atoms with van der Waals surface area (Å²) in [5, 5.41) is 3.45. The van der Waals surface area contributed by atoms with Gasteiger partial charge >= 0.3 is 0 Å². The summed E-state index contributed by atoms with van der Waals surface area (Å²) in [6, 6.07) is 13.9. The third-order valence-corrected chi connectivity index (χ3v) is 3.75. The van der Waals surface area contributed by atoms with E-state index in [-0.39, 0.29) is 0 Å². The molecule has 1 aliphatic rings. The first-order chi connectivity index (χ1) is 9.63. The number of amides is 1. The lowest BCUT2D eigenvalue weighted by atomic mass is 10.1. The Morgan fingerprint density at radius 2 is 1.75 bits per heavy atom. The summed E-state index contributed by atoms with van der Waals surface area (Å²) in [6.45, 7) is 0. The second kappa shape index (κ2) is 4.89. The van der Waals surface area contributed by atoms with Crippen molar-refractivity contribution < 1.29 is 4.79 Å². The molecule has 3 rings (SSSR count). The van der Waals surface area contributed by atoms with Gasteiger partial charge in [0.15, 0.2) is 0 Å². The van der Waals surface area contributed by atoms with Gasteiger partial charge < -0.3 is 16.8 Å². The summed E-state index contributed by atoms with van der Waals surface area (Å²) in [5.74, 6) is -0.462. The first kappa shape index (κ1) is 12.5. The number of fused-ring (bicyclic) bond motifs is 1. The number of nitrogen functional groups attached to an aromatic ring is 1. The van der Waals surface area contributed by atoms with Gasteiger partial charge in [-0.3, -0.25) is 4.79 Å². The Bertz CT molecular complexity index is 642. The Balaban J connectivity index is 1.75. The summed E-state index contributed by atoms with van der Waals surface area (Å²) in [6.07, 6.45) is 1.99. The van der Waals surface area contributed by atoms with Gasteiger partial charge in [-0.25, -0.2) is 0 Å². The van der Waals surface area contributed by atoms with Crippen LogP contribution in [0, 0.1) is 0 Å². The van der Waals surface area contributed by atoms with Crippen molar-refractivity contribution in [3.05, 3.63) is 59.2 Å². The highest BCUT2D eigenvalue weighted by Crippen LogP contribution is 2.27. The van der Waals surface area contributed by atoms with E-state index in [2.05, 4.69) is 29.6 Å². The molecule has 0 atom stereocenters. The molecule has 1 amide bonds. The molecule has 5 N–H and O–H groups in total. The molecule has 0 saturated heterocycles. The minimum atomic E-state index is -0.462. The van der Waals surface area contributed by atoms with Crippen molar-refractivity contribution in [3.8, 4) is 0 Å². The highest BCUT2D eigenvalue weighted by molar-refractivity contribution is 5.94. The minimum absolute atomic E-state index is 0.342. The largest absolute Gasteiger partial charge is 0.397 e. The Labute approximate surface area is 117 Å². The van der Waals surface area contributed by atoms with Crippen LogP contribution in [0.15, 0.2) is 42.5 Å². The molecule has 0 aromatic heterocycles. The van der Waals surface area contributed by atoms with Crippen molar-refractivity contribution >= 4 is 17.3 Å². The lowest BCUT2D eigenvalue weighted by molar-refractivity contribution is 0.100. The molecule has 0 radical (unpaired) electrons. The van der Waals surface area contributed by atoms with E-state index in [1.54, 1.807) is 12.1 Å². The fourth-order valence-corrected chi connectivity index (χ4v) is 2.73. The van der Waals surface area contributed by atoms with Crippen LogP contribution in [0.4, 0.5) is 11.4 Å². The zero-order valence-corrected chi connectivity index (χ0v) is 11.1. The van der Waals surface area contributed by atoms with Crippen LogP contribution >= 0.6 is 0 Å². The van der Waals surface area contributed by atoms with E-state index in [9.17, 15) is 4.79 Å². The maximum Gasteiger partial charge on any atom is 0.248 e. The smallest absolute Gasteiger partial charge is 0.248 e. The number of carbonyl (C=O) groups excluding carboxylic acids is 1. The molecule has 20 heavy (non-hydrogen) atoms. The summed E-state index contributed by atoms with van der Waals surface area (Å²) < 4.78 is 0. The van der Waals surface area contributed by atoms with Crippen molar-refractivity contribution in [1.82, 2.24) is 0 Å². The zero-order chi connectivity index (χ0) is 14.1. The number of hydrogen-bond donors (Lipinski definition) is 3. The fourth-order valence-electron chi connectivity index (χ4n) is 2.73. The van der Waals surface area contributed by atoms with Gasteiger partial charge in [0.05, 0.1) is 11.4 Å². The number of rotatable bonds is 3. The van der Waals surface area contributed by atoms with Crippen LogP contribution in [0.3, 0.4) is 0 Å². The van der Waals surface area contributed by atoms with Crippen LogP contribution in [-0.4, -0.2) is 11.9 Å². The molecule has 2 aromatic carbocycles. The molecule has 4 nitrogen and oxygen atoms in total. The van der Waals surface area contributed by atoms with Crippen molar-refractivity contribution in [3.63, 3.8) is 0 Å². The van der Waals surface area contributed by atoms with Crippen molar-refractivity contribution in [2.45, 2.75) is 18.9 Å². The van der Waals surface area contributed by atoms with Crippen LogP contribution in [0.5, 0.6) is 0 Å². The van der Waals surface area contributed by atoms with E-state index >= 15 is 0 Å². The lowest BCUT2D eigenvalue weighted by Gasteiger charge is -2.16. The van der Waals surface area contributed by atoms with Gasteiger partial charge in [-0.15, -0.1) is 0 Å². The second-order valence-electron chi connectivity index (χ2n) is 5.18. The molecule has 102 valence electrons. The highest BCUT2D eigenvalue weighted by atomic mass is 16.1. The number of hydrogen-bond acceptors (Lipinski definition) is 3. The first-order valence-electron chi connectivity index (χ1n) is 6.66. The van der Waals surface area contributed by atoms with Gasteiger partial charge in [0.25, 0.3) is 0 Å². The van der Waals surface area contributed by atoms with Gasteiger partial charge in [-0.05, 0) is 42.2 Å². The summed E-state index contributed by atoms with van der Waals surface area (Å²) in [5.41, 5.74) is 15.8. The monoisotopic (exact) mass is 267 g/mol. The summed E-state index contributed by atoms with van der Waals surface area (Å²) in [4.78, 5) is 11.1. The quantitative estimate of drug-likeness (QED) is 0.743. The van der Waals surface area contributed by atoms with Gasteiger partial charge in [-0.2, -0.15) is 0 Å². The maximum atomic E-state index is 11.1. The van der Waals surface area contributed by atoms with Crippen LogP contribution in [0.2, 0.25) is 0 Å². The minimum Gasteiger partial charge on any atom is -0.397 e. The fraction of sp³-hybridized carbons (Fsp3) is 0.188. The maximum absolute atomic E-state index is 11.1. The molecule has 0 spiro atoms. The van der Waals surface area contributed by atoms with E-state index in [0.717, 1.165) is 18.5 Å². The number of primary amides is 1. The van der Waals surface area contributed by atoms with E-state index < -0.39 is 5.91 Å². The van der Waals surface area contributed by atoms with Crippen molar-refractivity contribution in [2.24, 2.45) is 5.73 Å². The predicted molar refractivity (Wildman–Crippen MR) is 80.6 cm³/mol. The van der Waals surface area contributed by atoms with Crippen LogP contribution < -0.4 is 16.8 Å². The van der Waals surface area contributed by atoms with Gasteiger partial charge in [-0.1, -0.05) is 24.3 Å². The molecule has 0 fully saturated rings. The molecular formula is C16H17N3O. The number of nitrogens with two attached hydrogens (primary N) is 2. The molecule has 0 aliphatic heterocycles. The number of nitrogens with one attached hydrogen (secondary N) is 1. The SMILES string of the molecule is NC(=O)c1ccc(NC2Cc3ccccc3C2)c(N)c1. The standard InChI is InChI=1S/C16H17N3O/c17-14-9-12(16(18)20)5-6-15(14)19-13-7-10-3-1-2-4-11(10)8-13/h1-6,9,13,19H,7-8,17H2,(H2,18,20). The van der Waals surface area contributed by atoms with E-state index in [4.69, 9.17) is 11.5 Å². The van der Waals surface area contributed by atoms with Crippen molar-refractivity contribution in [2.75, 3.05) is 11.1 Å². The van der Waals surface area contributed by atoms with E-state index in [1.807, 2.05) is 6.07 Å². The summed E-state index contributed by atoms with van der Waals surface area (Å²) >= 11 is 0. The Morgan fingerprint density at radius 1 is 1.10 bits per heavy atom. The Hall–Kier alpha value is -2.49. The van der Waals surface area contributed by atoms with E-state index in [1.165, 1.54) is 11.1 Å². The van der Waals surface area contributed by atoms with Gasteiger partial charge in [0.1, 0.15) is 0 Å². The Kier molecular flexibility index (Phi) is 3.06. The van der Waals surface area contributed by atoms with Crippen LogP contribution in [0.1, 0.15) is 21.5 Å². The molecular weight excluding hydrogens is 250 g/mol. The summed E-state index contributed by atoms with van der Waals surface area (Å²) in [7, 11) is 0. The molecule has 0 saturated carbocycles. The Morgan fingerprint density at radius 3 is 2.30 bits per heavy atom. The molecule has 0 unspecified atom stereocenters. The van der Waals surface area contributed by atoms with Gasteiger partial charge in [0, 0.05) is 11.6 Å². The molecule has 1 aliphatic carbocycles. The molecule has 2 aromatic rings. The average Bonchev–Trinajstić information content (AvgIpc) is 2.83. The first-order valence-corrected chi connectivity index (χ1v) is 6.66. The number of carbonyl (C=O) groups is 1. The van der Waals surface area contributed by atoms with Crippen LogP contribution in [-0.2, 0) is 12.8 Å². The average molecular weight is 267 g/mol. The third kappa shape index (κ3) is 2.32.